The highest BCUT2D eigenvalue weighted by Gasteiger charge is 2.29. The molecule has 2 N–H and O–H groups in total. The van der Waals surface area contributed by atoms with Crippen LogP contribution in [0.15, 0.2) is 0 Å². The van der Waals surface area contributed by atoms with Gasteiger partial charge in [0.15, 0.2) is 0 Å². The Balaban J connectivity index is 2.21. The van der Waals surface area contributed by atoms with E-state index in [2.05, 4.69) is 17.6 Å². The summed E-state index contributed by atoms with van der Waals surface area (Å²) in [5.74, 6) is 0. The average molecular weight is 272 g/mol. The first-order chi connectivity index (χ1) is 8.84. The third kappa shape index (κ3) is 6.25. The van der Waals surface area contributed by atoms with E-state index in [-0.39, 0.29) is 12.1 Å². The molecule has 0 radical (unpaired) electrons. The van der Waals surface area contributed by atoms with Crippen LogP contribution in [0, 0.1) is 0 Å². The number of carbonyl (C=O) groups is 1. The molecule has 0 bridgehead atoms. The van der Waals surface area contributed by atoms with Crippen LogP contribution in [-0.4, -0.2) is 43.5 Å². The van der Waals surface area contributed by atoms with Gasteiger partial charge in [0.25, 0.3) is 0 Å². The number of carbonyl (C=O) groups excluding carboxylic acids is 1. The summed E-state index contributed by atoms with van der Waals surface area (Å²) in [7, 11) is 1.75. The van der Waals surface area contributed by atoms with Crippen molar-refractivity contribution in [2.24, 2.45) is 0 Å². The van der Waals surface area contributed by atoms with Crippen molar-refractivity contribution in [2.45, 2.75) is 70.7 Å². The van der Waals surface area contributed by atoms with Crippen LogP contribution in [0.4, 0.5) is 4.79 Å². The second kappa shape index (κ2) is 7.10. The van der Waals surface area contributed by atoms with Crippen LogP contribution in [0.3, 0.4) is 0 Å². The second-order valence-corrected chi connectivity index (χ2v) is 6.19. The lowest BCUT2D eigenvalue weighted by Crippen LogP contribution is -2.51. The fraction of sp³-hybridized carbons (Fsp3) is 0.929. The van der Waals surface area contributed by atoms with Crippen LogP contribution in [0.5, 0.6) is 0 Å². The molecule has 19 heavy (non-hydrogen) atoms. The Labute approximate surface area is 116 Å². The van der Waals surface area contributed by atoms with Crippen molar-refractivity contribution in [3.63, 3.8) is 0 Å². The summed E-state index contributed by atoms with van der Waals surface area (Å²) in [6.45, 7) is 8.43. The van der Waals surface area contributed by atoms with Gasteiger partial charge in [-0.3, -0.25) is 0 Å². The Morgan fingerprint density at radius 1 is 1.37 bits per heavy atom. The van der Waals surface area contributed by atoms with Gasteiger partial charge in [0.05, 0.1) is 6.10 Å². The van der Waals surface area contributed by atoms with Crippen LogP contribution in [0.2, 0.25) is 0 Å². The highest BCUT2D eigenvalue weighted by atomic mass is 16.6. The maximum atomic E-state index is 11.7. The van der Waals surface area contributed by atoms with Crippen LogP contribution < -0.4 is 10.6 Å². The van der Waals surface area contributed by atoms with Gasteiger partial charge in [0.2, 0.25) is 0 Å². The lowest BCUT2D eigenvalue weighted by atomic mass is 9.89. The Bertz CT molecular complexity index is 283. The Kier molecular flexibility index (Phi) is 6.07. The summed E-state index contributed by atoms with van der Waals surface area (Å²) in [6, 6.07) is 0.621. The van der Waals surface area contributed by atoms with E-state index in [1.807, 2.05) is 20.8 Å². The van der Waals surface area contributed by atoms with Crippen molar-refractivity contribution >= 4 is 6.09 Å². The summed E-state index contributed by atoms with van der Waals surface area (Å²) >= 11 is 0. The van der Waals surface area contributed by atoms with Crippen LogP contribution in [0.25, 0.3) is 0 Å². The molecular weight excluding hydrogens is 244 g/mol. The Morgan fingerprint density at radius 2 is 2.00 bits per heavy atom. The maximum absolute atomic E-state index is 11.7. The summed E-state index contributed by atoms with van der Waals surface area (Å²) < 4.78 is 10.5. The van der Waals surface area contributed by atoms with Gasteiger partial charge >= 0.3 is 6.09 Å². The number of hydrogen-bond acceptors (Lipinski definition) is 4. The molecule has 5 nitrogen and oxygen atoms in total. The molecule has 1 unspecified atom stereocenters. The van der Waals surface area contributed by atoms with Crippen molar-refractivity contribution < 1.29 is 14.3 Å². The fourth-order valence-corrected chi connectivity index (χ4v) is 2.01. The van der Waals surface area contributed by atoms with E-state index >= 15 is 0 Å². The lowest BCUT2D eigenvalue weighted by Gasteiger charge is -2.35. The summed E-state index contributed by atoms with van der Waals surface area (Å²) in [5.41, 5.74) is -0.449. The third-order valence-electron chi connectivity index (χ3n) is 3.29. The van der Waals surface area contributed by atoms with Crippen LogP contribution in [-0.2, 0) is 9.47 Å². The van der Waals surface area contributed by atoms with E-state index in [4.69, 9.17) is 9.47 Å². The van der Waals surface area contributed by atoms with E-state index in [0.717, 1.165) is 25.8 Å². The van der Waals surface area contributed by atoms with Crippen molar-refractivity contribution in [3.05, 3.63) is 0 Å². The SMILES string of the molecule is CCC(CNC1CC(OC)C1)NC(=O)OC(C)(C)C. The number of amides is 1. The highest BCUT2D eigenvalue weighted by Crippen LogP contribution is 2.22. The number of hydrogen-bond donors (Lipinski definition) is 2. The predicted octanol–water partition coefficient (Wildman–Crippen LogP) is 2.06. The minimum absolute atomic E-state index is 0.108. The van der Waals surface area contributed by atoms with Gasteiger partial charge in [-0.15, -0.1) is 0 Å². The molecule has 1 amide bonds. The molecule has 1 atom stereocenters. The molecule has 0 aromatic carbocycles. The van der Waals surface area contributed by atoms with Gasteiger partial charge in [0, 0.05) is 25.7 Å². The summed E-state index contributed by atoms with van der Waals surface area (Å²) in [6.07, 6.45) is 3.05. The topological polar surface area (TPSA) is 59.6 Å². The normalized spacial score (nSPS) is 24.5. The van der Waals surface area contributed by atoms with E-state index in [1.165, 1.54) is 0 Å². The Morgan fingerprint density at radius 3 is 2.47 bits per heavy atom. The van der Waals surface area contributed by atoms with Gasteiger partial charge in [-0.1, -0.05) is 6.92 Å². The molecule has 0 aliphatic heterocycles. The quantitative estimate of drug-likeness (QED) is 0.777. The van der Waals surface area contributed by atoms with Crippen LogP contribution >= 0.6 is 0 Å². The number of ether oxygens (including phenoxy) is 2. The zero-order valence-corrected chi connectivity index (χ0v) is 12.8. The molecule has 112 valence electrons. The van der Waals surface area contributed by atoms with E-state index in [9.17, 15) is 4.79 Å². The number of nitrogens with one attached hydrogen (secondary N) is 2. The molecule has 0 aromatic heterocycles. The first-order valence-electron chi connectivity index (χ1n) is 7.09. The molecule has 1 fully saturated rings. The lowest BCUT2D eigenvalue weighted by molar-refractivity contribution is 0.0163. The molecule has 0 spiro atoms. The van der Waals surface area contributed by atoms with E-state index < -0.39 is 5.60 Å². The largest absolute Gasteiger partial charge is 0.444 e. The first kappa shape index (κ1) is 16.2. The monoisotopic (exact) mass is 272 g/mol. The van der Waals surface area contributed by atoms with E-state index in [1.54, 1.807) is 7.11 Å². The molecule has 1 aliphatic rings. The maximum Gasteiger partial charge on any atom is 0.407 e. The molecule has 1 rings (SSSR count). The van der Waals surface area contributed by atoms with Gasteiger partial charge in [-0.2, -0.15) is 0 Å². The van der Waals surface area contributed by atoms with Gasteiger partial charge in [-0.25, -0.2) is 4.79 Å². The fourth-order valence-electron chi connectivity index (χ4n) is 2.01. The second-order valence-electron chi connectivity index (χ2n) is 6.19. The van der Waals surface area contributed by atoms with Gasteiger partial charge in [0.1, 0.15) is 5.60 Å². The minimum atomic E-state index is -0.449. The van der Waals surface area contributed by atoms with E-state index in [0.29, 0.717) is 12.1 Å². The van der Waals surface area contributed by atoms with Crippen molar-refractivity contribution in [2.75, 3.05) is 13.7 Å². The number of methoxy groups -OCH3 is 1. The van der Waals surface area contributed by atoms with Crippen molar-refractivity contribution in [1.82, 2.24) is 10.6 Å². The predicted molar refractivity (Wildman–Crippen MR) is 75.3 cm³/mol. The molecule has 1 saturated carbocycles. The first-order valence-corrected chi connectivity index (χ1v) is 7.09. The average Bonchev–Trinajstić information content (AvgIpc) is 2.23. The van der Waals surface area contributed by atoms with Crippen LogP contribution in [0.1, 0.15) is 47.0 Å². The molecular formula is C14H28N2O3. The number of alkyl carbamates (subject to hydrolysis) is 1. The molecule has 0 aromatic rings. The number of rotatable bonds is 6. The zero-order chi connectivity index (χ0) is 14.5. The highest BCUT2D eigenvalue weighted by molar-refractivity contribution is 5.68. The summed E-state index contributed by atoms with van der Waals surface area (Å²) in [5, 5.41) is 6.35. The molecule has 1 aliphatic carbocycles. The van der Waals surface area contributed by atoms with Crippen molar-refractivity contribution in [3.8, 4) is 0 Å². The minimum Gasteiger partial charge on any atom is -0.444 e. The third-order valence-corrected chi connectivity index (χ3v) is 3.29. The molecule has 0 heterocycles. The summed E-state index contributed by atoms with van der Waals surface area (Å²) in [4.78, 5) is 11.7. The Hall–Kier alpha value is -0.810. The molecule has 0 saturated heterocycles. The van der Waals surface area contributed by atoms with Gasteiger partial charge < -0.3 is 20.1 Å². The standard InChI is InChI=1S/C14H28N2O3/c1-6-10(16-13(17)19-14(2,3)4)9-15-11-7-12(8-11)18-5/h10-12,15H,6-9H2,1-5H3,(H,16,17). The zero-order valence-electron chi connectivity index (χ0n) is 12.8. The van der Waals surface area contributed by atoms with Gasteiger partial charge in [-0.05, 0) is 40.0 Å². The molecule has 5 heteroatoms. The van der Waals surface area contributed by atoms with Crippen molar-refractivity contribution in [1.29, 1.82) is 0 Å². The smallest absolute Gasteiger partial charge is 0.407 e.